The summed E-state index contributed by atoms with van der Waals surface area (Å²) in [6, 6.07) is -0.781. The highest BCUT2D eigenvalue weighted by molar-refractivity contribution is 5.75. The minimum atomic E-state index is -0.970. The third kappa shape index (κ3) is 6.42. The van der Waals surface area contributed by atoms with Crippen LogP contribution in [-0.4, -0.2) is 29.6 Å². The summed E-state index contributed by atoms with van der Waals surface area (Å²) < 4.78 is 0. The molecule has 0 aromatic heterocycles. The summed E-state index contributed by atoms with van der Waals surface area (Å²) in [5.41, 5.74) is 5.30. The van der Waals surface area contributed by atoms with Crippen LogP contribution in [-0.2, 0) is 9.59 Å². The van der Waals surface area contributed by atoms with Crippen molar-refractivity contribution in [2.45, 2.75) is 38.6 Å². The summed E-state index contributed by atoms with van der Waals surface area (Å²) in [5, 5.41) is 11.2. The zero-order valence-electron chi connectivity index (χ0n) is 8.45. The second-order valence-corrected chi connectivity index (χ2v) is 3.14. The summed E-state index contributed by atoms with van der Waals surface area (Å²) >= 11 is 0. The average Bonchev–Trinajstić information content (AvgIpc) is 2.16. The van der Waals surface area contributed by atoms with Gasteiger partial charge in [0.25, 0.3) is 0 Å². The number of nitrogens with one attached hydrogen (secondary N) is 1. The van der Waals surface area contributed by atoms with Crippen molar-refractivity contribution in [3.05, 3.63) is 0 Å². The number of rotatable bonds is 7. The molecule has 4 N–H and O–H groups in total. The van der Waals surface area contributed by atoms with Crippen molar-refractivity contribution in [1.82, 2.24) is 5.32 Å². The lowest BCUT2D eigenvalue weighted by molar-refractivity contribution is -0.138. The Morgan fingerprint density at radius 2 is 2.07 bits per heavy atom. The molecule has 0 heterocycles. The number of nitrogens with two attached hydrogens (primary N) is 1. The number of hydrogen-bond acceptors (Lipinski definition) is 3. The molecular weight excluding hydrogens is 184 g/mol. The van der Waals surface area contributed by atoms with Crippen molar-refractivity contribution in [1.29, 1.82) is 0 Å². The Labute approximate surface area is 83.7 Å². The van der Waals surface area contributed by atoms with E-state index in [2.05, 4.69) is 5.32 Å². The van der Waals surface area contributed by atoms with Gasteiger partial charge >= 0.3 is 5.97 Å². The summed E-state index contributed by atoms with van der Waals surface area (Å²) in [6.45, 7) is 2.38. The first-order valence-electron chi connectivity index (χ1n) is 4.83. The number of carboxylic acids is 1. The maximum absolute atomic E-state index is 10.8. The number of carboxylic acid groups (broad SMARTS) is 1. The Balaban J connectivity index is 3.30. The summed E-state index contributed by atoms with van der Waals surface area (Å²) in [6.07, 6.45) is 2.43. The molecule has 0 fully saturated rings. The van der Waals surface area contributed by atoms with Gasteiger partial charge in [-0.2, -0.15) is 0 Å². The molecule has 14 heavy (non-hydrogen) atoms. The molecule has 1 amide bonds. The highest BCUT2D eigenvalue weighted by atomic mass is 16.4. The molecule has 0 radical (unpaired) electrons. The third-order valence-corrected chi connectivity index (χ3v) is 1.90. The number of hydrogen-bond donors (Lipinski definition) is 3. The molecule has 0 saturated heterocycles. The molecule has 0 aliphatic heterocycles. The van der Waals surface area contributed by atoms with Gasteiger partial charge in [-0.1, -0.05) is 6.92 Å². The van der Waals surface area contributed by atoms with Gasteiger partial charge in [0.05, 0.1) is 0 Å². The second kappa shape index (κ2) is 7.32. The molecule has 5 heteroatoms. The lowest BCUT2D eigenvalue weighted by Crippen LogP contribution is -2.30. The quantitative estimate of drug-likeness (QED) is 0.510. The van der Waals surface area contributed by atoms with E-state index in [0.717, 1.165) is 12.8 Å². The Hall–Kier alpha value is -1.10. The van der Waals surface area contributed by atoms with Crippen LogP contribution >= 0.6 is 0 Å². The van der Waals surface area contributed by atoms with E-state index in [9.17, 15) is 9.59 Å². The standard InChI is InChI=1S/C9H18N2O3/c1-2-8(12)11-6-4-3-5-7(10)9(13)14/h7H,2-6,10H2,1H3,(H,11,12)(H,13,14)/t7-/m1/s1. The van der Waals surface area contributed by atoms with Gasteiger partial charge in [0, 0.05) is 13.0 Å². The highest BCUT2D eigenvalue weighted by Crippen LogP contribution is 1.98. The number of carbonyl (C=O) groups is 2. The minimum Gasteiger partial charge on any atom is -0.480 e. The molecule has 1 atom stereocenters. The van der Waals surface area contributed by atoms with E-state index in [4.69, 9.17) is 10.8 Å². The van der Waals surface area contributed by atoms with Crippen LogP contribution in [0, 0.1) is 0 Å². The van der Waals surface area contributed by atoms with Crippen LogP contribution in [0.2, 0.25) is 0 Å². The van der Waals surface area contributed by atoms with Gasteiger partial charge in [-0.3, -0.25) is 9.59 Å². The smallest absolute Gasteiger partial charge is 0.320 e. The lowest BCUT2D eigenvalue weighted by atomic mass is 10.1. The predicted molar refractivity (Wildman–Crippen MR) is 52.8 cm³/mol. The first-order valence-corrected chi connectivity index (χ1v) is 4.83. The van der Waals surface area contributed by atoms with Crippen LogP contribution in [0.1, 0.15) is 32.6 Å². The van der Waals surface area contributed by atoms with Gasteiger partial charge in [0.2, 0.25) is 5.91 Å². The molecule has 0 saturated carbocycles. The van der Waals surface area contributed by atoms with E-state index >= 15 is 0 Å². The maximum Gasteiger partial charge on any atom is 0.320 e. The van der Waals surface area contributed by atoms with Gasteiger partial charge in [0.1, 0.15) is 6.04 Å². The van der Waals surface area contributed by atoms with Crippen molar-refractivity contribution >= 4 is 11.9 Å². The molecular formula is C9H18N2O3. The van der Waals surface area contributed by atoms with E-state index in [1.807, 2.05) is 0 Å². The van der Waals surface area contributed by atoms with Crippen molar-refractivity contribution in [2.24, 2.45) is 5.73 Å². The third-order valence-electron chi connectivity index (χ3n) is 1.90. The summed E-state index contributed by atoms with van der Waals surface area (Å²) in [5.74, 6) is -0.949. The van der Waals surface area contributed by atoms with Crippen molar-refractivity contribution < 1.29 is 14.7 Å². The molecule has 0 aliphatic carbocycles. The fourth-order valence-corrected chi connectivity index (χ4v) is 0.966. The lowest BCUT2D eigenvalue weighted by Gasteiger charge is -2.06. The largest absolute Gasteiger partial charge is 0.480 e. The van der Waals surface area contributed by atoms with Gasteiger partial charge in [-0.15, -0.1) is 0 Å². The first-order chi connectivity index (χ1) is 6.57. The Morgan fingerprint density at radius 3 is 2.57 bits per heavy atom. The van der Waals surface area contributed by atoms with Crippen LogP contribution in [0.15, 0.2) is 0 Å². The second-order valence-electron chi connectivity index (χ2n) is 3.14. The zero-order valence-corrected chi connectivity index (χ0v) is 8.45. The van der Waals surface area contributed by atoms with Crippen LogP contribution in [0.4, 0.5) is 0 Å². The first kappa shape index (κ1) is 12.9. The molecule has 5 nitrogen and oxygen atoms in total. The highest BCUT2D eigenvalue weighted by Gasteiger charge is 2.09. The molecule has 0 rings (SSSR count). The number of unbranched alkanes of at least 4 members (excludes halogenated alkanes) is 1. The number of carbonyl (C=O) groups excluding carboxylic acids is 1. The van der Waals surface area contributed by atoms with Crippen LogP contribution in [0.3, 0.4) is 0 Å². The monoisotopic (exact) mass is 202 g/mol. The molecule has 82 valence electrons. The normalized spacial score (nSPS) is 12.1. The van der Waals surface area contributed by atoms with Crippen LogP contribution in [0.5, 0.6) is 0 Å². The summed E-state index contributed by atoms with van der Waals surface area (Å²) in [4.78, 5) is 21.1. The van der Waals surface area contributed by atoms with E-state index in [-0.39, 0.29) is 5.91 Å². The Bertz CT molecular complexity index is 194. The summed E-state index contributed by atoms with van der Waals surface area (Å²) in [7, 11) is 0. The van der Waals surface area contributed by atoms with E-state index < -0.39 is 12.0 Å². The molecule has 0 aliphatic rings. The van der Waals surface area contributed by atoms with Gasteiger partial charge < -0.3 is 16.2 Å². The van der Waals surface area contributed by atoms with Crippen molar-refractivity contribution in [2.75, 3.05) is 6.54 Å². The molecule has 0 spiro atoms. The molecule has 0 aromatic carbocycles. The number of aliphatic carboxylic acids is 1. The fraction of sp³-hybridized carbons (Fsp3) is 0.778. The Kier molecular flexibility index (Phi) is 6.74. The average molecular weight is 202 g/mol. The van der Waals surface area contributed by atoms with Crippen LogP contribution < -0.4 is 11.1 Å². The predicted octanol–water partition coefficient (Wildman–Crippen LogP) is 0.0948. The van der Waals surface area contributed by atoms with E-state index in [1.54, 1.807) is 6.92 Å². The number of amides is 1. The van der Waals surface area contributed by atoms with E-state index in [1.165, 1.54) is 0 Å². The molecule has 0 unspecified atom stereocenters. The molecule has 0 aromatic rings. The van der Waals surface area contributed by atoms with Gasteiger partial charge in [0.15, 0.2) is 0 Å². The Morgan fingerprint density at radius 1 is 1.43 bits per heavy atom. The van der Waals surface area contributed by atoms with Crippen LogP contribution in [0.25, 0.3) is 0 Å². The van der Waals surface area contributed by atoms with Crippen molar-refractivity contribution in [3.63, 3.8) is 0 Å². The van der Waals surface area contributed by atoms with E-state index in [0.29, 0.717) is 19.4 Å². The molecule has 0 bridgehead atoms. The topological polar surface area (TPSA) is 92.4 Å². The fourth-order valence-electron chi connectivity index (χ4n) is 0.966. The minimum absolute atomic E-state index is 0.0209. The van der Waals surface area contributed by atoms with Crippen molar-refractivity contribution in [3.8, 4) is 0 Å². The van der Waals surface area contributed by atoms with Gasteiger partial charge in [-0.25, -0.2) is 0 Å². The SMILES string of the molecule is CCC(=O)NCCCC[C@@H](N)C(=O)O. The van der Waals surface area contributed by atoms with Gasteiger partial charge in [-0.05, 0) is 19.3 Å². The maximum atomic E-state index is 10.8. The zero-order chi connectivity index (χ0) is 11.0.